The third kappa shape index (κ3) is 4.31. The number of ether oxygens (including phenoxy) is 1. The van der Waals surface area contributed by atoms with Crippen LogP contribution >= 0.6 is 0 Å². The molecular formula is C15H22N2O2. The van der Waals surface area contributed by atoms with Gasteiger partial charge in [-0.25, -0.2) is 0 Å². The van der Waals surface area contributed by atoms with Gasteiger partial charge >= 0.3 is 5.97 Å². The highest BCUT2D eigenvalue weighted by Crippen LogP contribution is 2.18. The van der Waals surface area contributed by atoms with E-state index in [4.69, 9.17) is 4.74 Å². The number of carbonyl (C=O) groups is 1. The van der Waals surface area contributed by atoms with Gasteiger partial charge in [0.2, 0.25) is 0 Å². The highest BCUT2D eigenvalue weighted by molar-refractivity contribution is 5.72. The van der Waals surface area contributed by atoms with Gasteiger partial charge < -0.3 is 9.64 Å². The first-order chi connectivity index (χ1) is 9.29. The van der Waals surface area contributed by atoms with Crippen molar-refractivity contribution < 1.29 is 9.53 Å². The second-order valence-electron chi connectivity index (χ2n) is 4.94. The minimum absolute atomic E-state index is 0.0214. The summed E-state index contributed by atoms with van der Waals surface area (Å²) in [6.45, 7) is 5.33. The lowest BCUT2D eigenvalue weighted by Crippen LogP contribution is -2.38. The first-order valence-electron chi connectivity index (χ1n) is 7.08. The molecule has 0 bridgehead atoms. The zero-order chi connectivity index (χ0) is 13.5. The molecule has 4 heteroatoms. The normalized spacial score (nSPS) is 17.3. The van der Waals surface area contributed by atoms with Gasteiger partial charge in [0.25, 0.3) is 0 Å². The van der Waals surface area contributed by atoms with Crippen LogP contribution in [0.4, 0.5) is 0 Å². The Bertz CT molecular complexity index is 386. The van der Waals surface area contributed by atoms with E-state index >= 15 is 0 Å². The van der Waals surface area contributed by atoms with E-state index in [0.717, 1.165) is 44.6 Å². The van der Waals surface area contributed by atoms with Crippen LogP contribution in [0.5, 0.6) is 0 Å². The van der Waals surface area contributed by atoms with Gasteiger partial charge in [0, 0.05) is 24.9 Å². The van der Waals surface area contributed by atoms with E-state index in [-0.39, 0.29) is 11.9 Å². The standard InChI is InChI=1S/C15H22N2O2/c1-2-19-15(18)13-6-10-17(11-7-13)12-8-14-5-3-4-9-16-14/h3-5,9,13H,2,6-8,10-12H2,1H3. The summed E-state index contributed by atoms with van der Waals surface area (Å²) in [7, 11) is 0. The van der Waals surface area contributed by atoms with Gasteiger partial charge in [-0.05, 0) is 45.0 Å². The summed E-state index contributed by atoms with van der Waals surface area (Å²) < 4.78 is 5.08. The molecule has 104 valence electrons. The van der Waals surface area contributed by atoms with Crippen molar-refractivity contribution in [3.8, 4) is 0 Å². The minimum atomic E-state index is -0.0214. The molecule has 0 radical (unpaired) electrons. The molecule has 0 unspecified atom stereocenters. The van der Waals surface area contributed by atoms with Gasteiger partial charge in [-0.3, -0.25) is 9.78 Å². The molecule has 0 aromatic carbocycles. The number of aromatic nitrogens is 1. The highest BCUT2D eigenvalue weighted by atomic mass is 16.5. The molecule has 0 amide bonds. The number of pyridine rings is 1. The van der Waals surface area contributed by atoms with Crippen molar-refractivity contribution in [1.82, 2.24) is 9.88 Å². The fourth-order valence-electron chi connectivity index (χ4n) is 2.47. The summed E-state index contributed by atoms with van der Waals surface area (Å²) in [5.74, 6) is 0.0814. The molecule has 0 spiro atoms. The molecule has 1 aliphatic heterocycles. The van der Waals surface area contributed by atoms with Crippen LogP contribution in [0.2, 0.25) is 0 Å². The van der Waals surface area contributed by atoms with Crippen LogP contribution in [0.15, 0.2) is 24.4 Å². The number of rotatable bonds is 5. The van der Waals surface area contributed by atoms with E-state index in [9.17, 15) is 4.79 Å². The van der Waals surface area contributed by atoms with Crippen molar-refractivity contribution in [2.45, 2.75) is 26.2 Å². The molecule has 0 aliphatic carbocycles. The SMILES string of the molecule is CCOC(=O)C1CCN(CCc2ccccn2)CC1. The largest absolute Gasteiger partial charge is 0.466 e. The second-order valence-corrected chi connectivity index (χ2v) is 4.94. The number of likely N-dealkylation sites (tertiary alicyclic amines) is 1. The monoisotopic (exact) mass is 262 g/mol. The average Bonchev–Trinajstić information content (AvgIpc) is 2.47. The molecule has 4 nitrogen and oxygen atoms in total. The summed E-state index contributed by atoms with van der Waals surface area (Å²) in [6, 6.07) is 6.02. The van der Waals surface area contributed by atoms with Gasteiger partial charge in [-0.15, -0.1) is 0 Å². The topological polar surface area (TPSA) is 42.4 Å². The molecule has 1 aromatic heterocycles. The lowest BCUT2D eigenvalue weighted by atomic mass is 9.97. The highest BCUT2D eigenvalue weighted by Gasteiger charge is 2.25. The first kappa shape index (κ1) is 14.0. The van der Waals surface area contributed by atoms with E-state index < -0.39 is 0 Å². The first-order valence-corrected chi connectivity index (χ1v) is 7.08. The lowest BCUT2D eigenvalue weighted by molar-refractivity contribution is -0.149. The third-order valence-corrected chi connectivity index (χ3v) is 3.62. The van der Waals surface area contributed by atoms with Crippen molar-refractivity contribution in [2.24, 2.45) is 5.92 Å². The van der Waals surface area contributed by atoms with E-state index in [0.29, 0.717) is 6.61 Å². The van der Waals surface area contributed by atoms with Crippen LogP contribution in [0.3, 0.4) is 0 Å². The van der Waals surface area contributed by atoms with Gasteiger partial charge in [-0.2, -0.15) is 0 Å². The zero-order valence-electron chi connectivity index (χ0n) is 11.5. The van der Waals surface area contributed by atoms with Crippen LogP contribution in [0.1, 0.15) is 25.5 Å². The molecule has 0 N–H and O–H groups in total. The fraction of sp³-hybridized carbons (Fsp3) is 0.600. The Balaban J connectivity index is 1.70. The average molecular weight is 262 g/mol. The summed E-state index contributed by atoms with van der Waals surface area (Å²) in [5, 5.41) is 0. The summed E-state index contributed by atoms with van der Waals surface area (Å²) in [6.07, 6.45) is 4.65. The minimum Gasteiger partial charge on any atom is -0.466 e. The Labute approximate surface area is 114 Å². The maximum atomic E-state index is 11.6. The van der Waals surface area contributed by atoms with Crippen molar-refractivity contribution >= 4 is 5.97 Å². The Kier molecular flexibility index (Phi) is 5.33. The number of carbonyl (C=O) groups excluding carboxylic acids is 1. The van der Waals surface area contributed by atoms with Crippen LogP contribution in [-0.4, -0.2) is 42.1 Å². The molecule has 2 rings (SSSR count). The van der Waals surface area contributed by atoms with Gasteiger partial charge in [0.05, 0.1) is 12.5 Å². The molecule has 19 heavy (non-hydrogen) atoms. The Morgan fingerprint density at radius 2 is 2.21 bits per heavy atom. The van der Waals surface area contributed by atoms with E-state index in [1.165, 1.54) is 0 Å². The molecule has 0 atom stereocenters. The van der Waals surface area contributed by atoms with Crippen LogP contribution in [0.25, 0.3) is 0 Å². The number of esters is 1. The van der Waals surface area contributed by atoms with Gasteiger partial charge in [-0.1, -0.05) is 6.07 Å². The summed E-state index contributed by atoms with van der Waals surface area (Å²) in [5.41, 5.74) is 1.13. The summed E-state index contributed by atoms with van der Waals surface area (Å²) >= 11 is 0. The van der Waals surface area contributed by atoms with Crippen molar-refractivity contribution in [1.29, 1.82) is 0 Å². The quantitative estimate of drug-likeness (QED) is 0.760. The number of nitrogens with zero attached hydrogens (tertiary/aromatic N) is 2. The predicted molar refractivity (Wildman–Crippen MR) is 73.7 cm³/mol. The Morgan fingerprint density at radius 1 is 1.42 bits per heavy atom. The molecule has 1 fully saturated rings. The molecular weight excluding hydrogens is 240 g/mol. The summed E-state index contributed by atoms with van der Waals surface area (Å²) in [4.78, 5) is 18.4. The molecule has 0 saturated carbocycles. The molecule has 1 aromatic rings. The zero-order valence-corrected chi connectivity index (χ0v) is 11.5. The molecule has 2 heterocycles. The fourth-order valence-corrected chi connectivity index (χ4v) is 2.47. The smallest absolute Gasteiger partial charge is 0.309 e. The van der Waals surface area contributed by atoms with E-state index in [1.807, 2.05) is 25.3 Å². The Hall–Kier alpha value is -1.42. The maximum Gasteiger partial charge on any atom is 0.309 e. The van der Waals surface area contributed by atoms with E-state index in [2.05, 4.69) is 16.0 Å². The van der Waals surface area contributed by atoms with Gasteiger partial charge in [0.1, 0.15) is 0 Å². The second kappa shape index (κ2) is 7.24. The van der Waals surface area contributed by atoms with Crippen LogP contribution in [0, 0.1) is 5.92 Å². The predicted octanol–water partition coefficient (Wildman–Crippen LogP) is 1.90. The number of piperidine rings is 1. The van der Waals surface area contributed by atoms with Crippen LogP contribution in [-0.2, 0) is 16.0 Å². The number of hydrogen-bond donors (Lipinski definition) is 0. The number of hydrogen-bond acceptors (Lipinski definition) is 4. The molecule has 1 saturated heterocycles. The van der Waals surface area contributed by atoms with Crippen molar-refractivity contribution in [3.05, 3.63) is 30.1 Å². The van der Waals surface area contributed by atoms with Crippen LogP contribution < -0.4 is 0 Å². The third-order valence-electron chi connectivity index (χ3n) is 3.62. The van der Waals surface area contributed by atoms with E-state index in [1.54, 1.807) is 0 Å². The van der Waals surface area contributed by atoms with Crippen molar-refractivity contribution in [3.63, 3.8) is 0 Å². The van der Waals surface area contributed by atoms with Crippen molar-refractivity contribution in [2.75, 3.05) is 26.2 Å². The maximum absolute atomic E-state index is 11.6. The Morgan fingerprint density at radius 3 is 2.84 bits per heavy atom. The van der Waals surface area contributed by atoms with Gasteiger partial charge in [0.15, 0.2) is 0 Å². The lowest BCUT2D eigenvalue weighted by Gasteiger charge is -2.30. The molecule has 1 aliphatic rings.